The van der Waals surface area contributed by atoms with E-state index < -0.39 is 0 Å². The lowest BCUT2D eigenvalue weighted by Gasteiger charge is -2.09. The zero-order valence-corrected chi connectivity index (χ0v) is 11.5. The quantitative estimate of drug-likeness (QED) is 0.942. The summed E-state index contributed by atoms with van der Waals surface area (Å²) in [7, 11) is 0. The Hall–Kier alpha value is -1.20. The van der Waals surface area contributed by atoms with E-state index in [1.54, 1.807) is 6.20 Å². The zero-order chi connectivity index (χ0) is 12.3. The van der Waals surface area contributed by atoms with E-state index in [4.69, 9.17) is 0 Å². The second kappa shape index (κ2) is 5.42. The molecule has 0 bridgehead atoms. The first-order valence-corrected chi connectivity index (χ1v) is 6.38. The molecule has 0 radical (unpaired) electrons. The monoisotopic (exact) mass is 294 g/mol. The molecule has 90 valence electrons. The molecule has 1 heterocycles. The van der Waals surface area contributed by atoms with Crippen molar-refractivity contribution in [1.29, 1.82) is 0 Å². The molecular weight excluding hydrogens is 280 g/mol. The summed E-state index contributed by atoms with van der Waals surface area (Å²) in [6, 6.07) is 6.19. The smallest absolute Gasteiger partial charge is 0.0809 e. The number of hydrogen-bond donors (Lipinski definition) is 1. The van der Waals surface area contributed by atoms with Gasteiger partial charge in [-0.05, 0) is 47.1 Å². The van der Waals surface area contributed by atoms with Gasteiger partial charge in [-0.2, -0.15) is 0 Å². The molecule has 0 spiro atoms. The van der Waals surface area contributed by atoms with E-state index in [1.807, 2.05) is 10.7 Å². The molecule has 0 amide bonds. The molecule has 1 aromatic carbocycles. The highest BCUT2D eigenvalue weighted by atomic mass is 79.9. The Kier molecular flexibility index (Phi) is 3.91. The van der Waals surface area contributed by atoms with Crippen LogP contribution in [0.2, 0.25) is 0 Å². The van der Waals surface area contributed by atoms with Gasteiger partial charge in [0.1, 0.15) is 0 Å². The molecule has 17 heavy (non-hydrogen) atoms. The molecule has 0 aliphatic carbocycles. The van der Waals surface area contributed by atoms with Gasteiger partial charge in [-0.1, -0.05) is 18.2 Å². The Morgan fingerprint density at radius 2 is 2.24 bits per heavy atom. The van der Waals surface area contributed by atoms with E-state index >= 15 is 0 Å². The fourth-order valence-corrected chi connectivity index (χ4v) is 2.28. The van der Waals surface area contributed by atoms with Crippen molar-refractivity contribution in [3.05, 3.63) is 40.1 Å². The van der Waals surface area contributed by atoms with Crippen molar-refractivity contribution in [2.75, 3.05) is 6.54 Å². The van der Waals surface area contributed by atoms with E-state index in [2.05, 4.69) is 57.5 Å². The van der Waals surface area contributed by atoms with Gasteiger partial charge >= 0.3 is 0 Å². The van der Waals surface area contributed by atoms with Crippen LogP contribution in [0.4, 0.5) is 0 Å². The third kappa shape index (κ3) is 2.73. The van der Waals surface area contributed by atoms with Crippen LogP contribution in [0.3, 0.4) is 0 Å². The molecule has 0 aliphatic heterocycles. The fourth-order valence-electron chi connectivity index (χ4n) is 1.62. The highest BCUT2D eigenvalue weighted by molar-refractivity contribution is 9.10. The summed E-state index contributed by atoms with van der Waals surface area (Å²) in [6.07, 6.45) is 1.79. The first-order valence-electron chi connectivity index (χ1n) is 5.59. The third-order valence-electron chi connectivity index (χ3n) is 2.51. The van der Waals surface area contributed by atoms with Gasteiger partial charge in [-0.25, -0.2) is 4.68 Å². The van der Waals surface area contributed by atoms with Crippen LogP contribution < -0.4 is 5.32 Å². The number of aromatic nitrogens is 3. The van der Waals surface area contributed by atoms with Crippen LogP contribution in [0.15, 0.2) is 28.9 Å². The average molecular weight is 295 g/mol. The Morgan fingerprint density at radius 3 is 2.94 bits per heavy atom. The summed E-state index contributed by atoms with van der Waals surface area (Å²) in [5, 5.41) is 11.4. The lowest BCUT2D eigenvalue weighted by Crippen LogP contribution is -2.15. The molecule has 0 saturated heterocycles. The zero-order valence-electron chi connectivity index (χ0n) is 9.94. The molecule has 0 unspecified atom stereocenters. The summed E-state index contributed by atoms with van der Waals surface area (Å²) >= 11 is 3.56. The highest BCUT2D eigenvalue weighted by Gasteiger charge is 2.08. The molecule has 0 aliphatic rings. The molecule has 0 saturated carbocycles. The molecule has 1 N–H and O–H groups in total. The summed E-state index contributed by atoms with van der Waals surface area (Å²) in [4.78, 5) is 0. The number of nitrogens with zero attached hydrogens (tertiary/aromatic N) is 3. The number of aryl methyl sites for hydroxylation is 1. The maximum absolute atomic E-state index is 4.13. The number of nitrogens with one attached hydrogen (secondary N) is 1. The van der Waals surface area contributed by atoms with E-state index in [-0.39, 0.29) is 0 Å². The summed E-state index contributed by atoms with van der Waals surface area (Å²) < 4.78 is 2.88. The van der Waals surface area contributed by atoms with Crippen molar-refractivity contribution >= 4 is 15.9 Å². The van der Waals surface area contributed by atoms with Crippen molar-refractivity contribution < 1.29 is 0 Å². The summed E-state index contributed by atoms with van der Waals surface area (Å²) in [5.74, 6) is 0. The third-order valence-corrected chi connectivity index (χ3v) is 3.14. The number of benzene rings is 1. The minimum Gasteiger partial charge on any atom is -0.311 e. The average Bonchev–Trinajstić information content (AvgIpc) is 2.74. The van der Waals surface area contributed by atoms with Gasteiger partial charge in [0.25, 0.3) is 0 Å². The second-order valence-electron chi connectivity index (χ2n) is 3.87. The predicted molar refractivity (Wildman–Crippen MR) is 71.2 cm³/mol. The Morgan fingerprint density at radius 1 is 1.41 bits per heavy atom. The highest BCUT2D eigenvalue weighted by Crippen LogP contribution is 2.22. The van der Waals surface area contributed by atoms with Gasteiger partial charge in [0.15, 0.2) is 0 Å². The Labute approximate surface area is 109 Å². The number of rotatable bonds is 4. The maximum atomic E-state index is 4.13. The standard InChI is InChI=1S/C12H15BrN4/c1-3-14-7-10-8-15-16-17(10)12-5-4-9(2)6-11(12)13/h4-6,8,14H,3,7H2,1-2H3. The Balaban J connectivity index is 2.35. The lowest BCUT2D eigenvalue weighted by atomic mass is 10.2. The largest absolute Gasteiger partial charge is 0.311 e. The summed E-state index contributed by atoms with van der Waals surface area (Å²) in [5.41, 5.74) is 3.28. The van der Waals surface area contributed by atoms with Crippen LogP contribution in [-0.4, -0.2) is 21.5 Å². The van der Waals surface area contributed by atoms with Crippen LogP contribution in [-0.2, 0) is 6.54 Å². The molecule has 5 heteroatoms. The van der Waals surface area contributed by atoms with Crippen molar-refractivity contribution in [3.8, 4) is 5.69 Å². The van der Waals surface area contributed by atoms with Gasteiger partial charge in [0.05, 0.1) is 17.6 Å². The first-order chi connectivity index (χ1) is 8.22. The summed E-state index contributed by atoms with van der Waals surface area (Å²) in [6.45, 7) is 5.84. The van der Waals surface area contributed by atoms with Crippen LogP contribution in [0.25, 0.3) is 5.69 Å². The molecule has 0 atom stereocenters. The Bertz CT molecular complexity index is 507. The molecular formula is C12H15BrN4. The molecule has 2 aromatic rings. The molecule has 0 fully saturated rings. The first kappa shape index (κ1) is 12.3. The van der Waals surface area contributed by atoms with Crippen LogP contribution in [0, 0.1) is 6.92 Å². The van der Waals surface area contributed by atoms with Gasteiger partial charge in [-0.15, -0.1) is 5.10 Å². The van der Waals surface area contributed by atoms with E-state index in [0.717, 1.165) is 28.9 Å². The van der Waals surface area contributed by atoms with Gasteiger partial charge in [0.2, 0.25) is 0 Å². The topological polar surface area (TPSA) is 42.7 Å². The predicted octanol–water partition coefficient (Wildman–Crippen LogP) is 2.45. The van der Waals surface area contributed by atoms with Gasteiger partial charge in [-0.3, -0.25) is 0 Å². The van der Waals surface area contributed by atoms with E-state index in [0.29, 0.717) is 0 Å². The van der Waals surface area contributed by atoms with Crippen molar-refractivity contribution in [2.45, 2.75) is 20.4 Å². The minimum absolute atomic E-state index is 0.768. The van der Waals surface area contributed by atoms with Crippen LogP contribution in [0.5, 0.6) is 0 Å². The van der Waals surface area contributed by atoms with Gasteiger partial charge < -0.3 is 5.32 Å². The SMILES string of the molecule is CCNCc1cnnn1-c1ccc(C)cc1Br. The van der Waals surface area contributed by atoms with Crippen molar-refractivity contribution in [2.24, 2.45) is 0 Å². The van der Waals surface area contributed by atoms with Crippen molar-refractivity contribution in [1.82, 2.24) is 20.3 Å². The maximum Gasteiger partial charge on any atom is 0.0809 e. The van der Waals surface area contributed by atoms with Gasteiger partial charge in [0, 0.05) is 11.0 Å². The number of hydrogen-bond acceptors (Lipinski definition) is 3. The van der Waals surface area contributed by atoms with Crippen LogP contribution >= 0.6 is 15.9 Å². The second-order valence-corrected chi connectivity index (χ2v) is 4.73. The molecule has 1 aromatic heterocycles. The van der Waals surface area contributed by atoms with E-state index in [9.17, 15) is 0 Å². The molecule has 2 rings (SSSR count). The lowest BCUT2D eigenvalue weighted by molar-refractivity contribution is 0.671. The van der Waals surface area contributed by atoms with Crippen molar-refractivity contribution in [3.63, 3.8) is 0 Å². The number of halogens is 1. The minimum atomic E-state index is 0.768. The molecule has 4 nitrogen and oxygen atoms in total. The van der Waals surface area contributed by atoms with E-state index in [1.165, 1.54) is 5.56 Å². The van der Waals surface area contributed by atoms with Crippen LogP contribution in [0.1, 0.15) is 18.2 Å². The fraction of sp³-hybridized carbons (Fsp3) is 0.333. The normalized spacial score (nSPS) is 10.8.